The smallest absolute Gasteiger partial charge is 0.257 e. The molecule has 3 heteroatoms. The van der Waals surface area contributed by atoms with Crippen LogP contribution < -0.4 is 0 Å². The van der Waals surface area contributed by atoms with Crippen molar-refractivity contribution in [2.24, 2.45) is 0 Å². The van der Waals surface area contributed by atoms with E-state index in [2.05, 4.69) is 68.5 Å². The van der Waals surface area contributed by atoms with Crippen molar-refractivity contribution < 1.29 is 4.58 Å². The summed E-state index contributed by atoms with van der Waals surface area (Å²) in [6.45, 7) is 9.44. The van der Waals surface area contributed by atoms with Crippen molar-refractivity contribution in [1.29, 1.82) is 0 Å². The van der Waals surface area contributed by atoms with Gasteiger partial charge < -0.3 is 0 Å². The Morgan fingerprint density at radius 1 is 1.20 bits per heavy atom. The molecule has 0 N–H and O–H groups in total. The summed E-state index contributed by atoms with van der Waals surface area (Å²) in [5, 5.41) is 1.44. The topological polar surface area (TPSA) is 6.25 Å². The minimum absolute atomic E-state index is 0.0860. The SMILES string of the molecule is CC1C(C)[N+](C)=C2c3sc4ccccc4c3C(C)(C)N21. The molecule has 1 aromatic heterocycles. The molecule has 3 heterocycles. The molecule has 0 radical (unpaired) electrons. The number of amidine groups is 1. The number of nitrogens with zero attached hydrogens (tertiary/aromatic N) is 2. The Balaban J connectivity index is 2.11. The van der Waals surface area contributed by atoms with Crippen molar-refractivity contribution in [3.63, 3.8) is 0 Å². The highest BCUT2D eigenvalue weighted by Crippen LogP contribution is 2.50. The molecule has 2 aliphatic rings. The van der Waals surface area contributed by atoms with E-state index in [1.807, 2.05) is 11.3 Å². The van der Waals surface area contributed by atoms with Crippen LogP contribution in [0.5, 0.6) is 0 Å². The third-order valence-corrected chi connectivity index (χ3v) is 6.46. The lowest BCUT2D eigenvalue weighted by Gasteiger charge is -2.29. The molecule has 2 unspecified atom stereocenters. The Morgan fingerprint density at radius 2 is 1.90 bits per heavy atom. The normalized spacial score (nSPS) is 27.4. The average Bonchev–Trinajstić information content (AvgIpc) is 2.97. The van der Waals surface area contributed by atoms with Gasteiger partial charge in [-0.05, 0) is 33.8 Å². The first-order chi connectivity index (χ1) is 9.44. The zero-order valence-corrected chi connectivity index (χ0v) is 13.6. The zero-order valence-electron chi connectivity index (χ0n) is 12.8. The molecule has 2 aromatic rings. The molecule has 0 saturated heterocycles. The molecule has 0 spiro atoms. The second kappa shape index (κ2) is 3.64. The maximum Gasteiger partial charge on any atom is 0.291 e. The lowest BCUT2D eigenvalue weighted by molar-refractivity contribution is -0.526. The molecule has 2 nitrogen and oxygen atoms in total. The summed E-state index contributed by atoms with van der Waals surface area (Å²) in [5.74, 6) is 1.44. The molecule has 0 fully saturated rings. The average molecular weight is 285 g/mol. The van der Waals surface area contributed by atoms with E-state index in [1.54, 1.807) is 0 Å². The molecule has 2 aliphatic heterocycles. The molecule has 1 aromatic carbocycles. The van der Waals surface area contributed by atoms with Gasteiger partial charge in [0.2, 0.25) is 0 Å². The van der Waals surface area contributed by atoms with E-state index in [0.29, 0.717) is 12.1 Å². The summed E-state index contributed by atoms with van der Waals surface area (Å²) in [4.78, 5) is 4.11. The van der Waals surface area contributed by atoms with Crippen molar-refractivity contribution in [2.45, 2.75) is 45.3 Å². The summed E-state index contributed by atoms with van der Waals surface area (Å²) in [7, 11) is 2.24. The largest absolute Gasteiger partial charge is 0.291 e. The third kappa shape index (κ3) is 1.23. The standard InChI is InChI=1S/C17H21N2S/c1-10-11(2)19-16(18(10)5)15-14(17(19,3)4)12-8-6-7-9-13(12)20-15/h6-11H,1-5H3/q+1. The number of hydrogen-bond donors (Lipinski definition) is 0. The first-order valence-corrected chi connectivity index (χ1v) is 8.17. The van der Waals surface area contributed by atoms with Crippen LogP contribution in [0.3, 0.4) is 0 Å². The minimum Gasteiger partial charge on any atom is -0.257 e. The van der Waals surface area contributed by atoms with E-state index >= 15 is 0 Å². The highest BCUT2D eigenvalue weighted by Gasteiger charge is 2.58. The molecule has 0 saturated carbocycles. The van der Waals surface area contributed by atoms with Crippen LogP contribution in [0.25, 0.3) is 10.1 Å². The number of benzene rings is 1. The van der Waals surface area contributed by atoms with Gasteiger partial charge in [0.15, 0.2) is 0 Å². The number of fused-ring (bicyclic) bond motifs is 5. The van der Waals surface area contributed by atoms with Gasteiger partial charge in [0.1, 0.15) is 22.5 Å². The molecular weight excluding hydrogens is 264 g/mol. The van der Waals surface area contributed by atoms with Crippen LogP contribution >= 0.6 is 11.3 Å². The van der Waals surface area contributed by atoms with Gasteiger partial charge in [-0.1, -0.05) is 18.2 Å². The number of thiophene rings is 1. The Hall–Kier alpha value is -1.35. The van der Waals surface area contributed by atoms with Gasteiger partial charge in [-0.25, -0.2) is 4.90 Å². The highest BCUT2D eigenvalue weighted by molar-refractivity contribution is 7.21. The number of rotatable bonds is 0. The van der Waals surface area contributed by atoms with E-state index in [-0.39, 0.29) is 5.54 Å². The Bertz CT molecular complexity index is 753. The Kier molecular flexibility index (Phi) is 2.26. The molecule has 4 rings (SSSR count). The maximum atomic E-state index is 2.63. The first-order valence-electron chi connectivity index (χ1n) is 7.36. The second-order valence-electron chi connectivity index (χ2n) is 6.65. The summed E-state index contributed by atoms with van der Waals surface area (Å²) in [6, 6.07) is 9.97. The van der Waals surface area contributed by atoms with Gasteiger partial charge >= 0.3 is 0 Å². The fourth-order valence-corrected chi connectivity index (χ4v) is 5.51. The van der Waals surface area contributed by atoms with Gasteiger partial charge in [0, 0.05) is 15.6 Å². The van der Waals surface area contributed by atoms with Crippen LogP contribution in [-0.2, 0) is 5.54 Å². The Morgan fingerprint density at radius 3 is 2.65 bits per heavy atom. The van der Waals surface area contributed by atoms with Crippen molar-refractivity contribution in [3.8, 4) is 0 Å². The predicted molar refractivity (Wildman–Crippen MR) is 85.9 cm³/mol. The summed E-state index contributed by atoms with van der Waals surface area (Å²) < 4.78 is 3.88. The quantitative estimate of drug-likeness (QED) is 0.670. The summed E-state index contributed by atoms with van der Waals surface area (Å²) >= 11 is 1.95. The second-order valence-corrected chi connectivity index (χ2v) is 7.70. The Labute approximate surface area is 124 Å². The number of hydrogen-bond acceptors (Lipinski definition) is 2. The van der Waals surface area contributed by atoms with Gasteiger partial charge in [0.05, 0.1) is 7.05 Å². The molecule has 0 aliphatic carbocycles. The fourth-order valence-electron chi connectivity index (χ4n) is 4.07. The number of likely N-dealkylation sites (N-methyl/N-ethyl adjacent to an activating group) is 1. The predicted octanol–water partition coefficient (Wildman–Crippen LogP) is 3.63. The van der Waals surface area contributed by atoms with Gasteiger partial charge in [-0.2, -0.15) is 0 Å². The lowest BCUT2D eigenvalue weighted by Crippen LogP contribution is -2.44. The first kappa shape index (κ1) is 12.4. The van der Waals surface area contributed by atoms with Crippen LogP contribution in [-0.4, -0.2) is 34.4 Å². The summed E-state index contributed by atoms with van der Waals surface area (Å²) in [6.07, 6.45) is 0. The van der Waals surface area contributed by atoms with Crippen molar-refractivity contribution in [1.82, 2.24) is 4.90 Å². The van der Waals surface area contributed by atoms with Crippen LogP contribution in [0.4, 0.5) is 0 Å². The van der Waals surface area contributed by atoms with Crippen molar-refractivity contribution in [3.05, 3.63) is 34.7 Å². The van der Waals surface area contributed by atoms with Crippen LogP contribution in [0.15, 0.2) is 24.3 Å². The van der Waals surface area contributed by atoms with Gasteiger partial charge in [-0.3, -0.25) is 4.58 Å². The van der Waals surface area contributed by atoms with Crippen LogP contribution in [0.2, 0.25) is 0 Å². The van der Waals surface area contributed by atoms with Gasteiger partial charge in [-0.15, -0.1) is 11.3 Å². The van der Waals surface area contributed by atoms with E-state index in [4.69, 9.17) is 0 Å². The molecule has 104 valence electrons. The van der Waals surface area contributed by atoms with Gasteiger partial charge in [0.25, 0.3) is 5.84 Å². The molecular formula is C17H21N2S+. The van der Waals surface area contributed by atoms with E-state index in [9.17, 15) is 0 Å². The molecule has 2 atom stereocenters. The third-order valence-electron chi connectivity index (χ3n) is 5.29. The van der Waals surface area contributed by atoms with Crippen molar-refractivity contribution >= 4 is 27.3 Å². The zero-order chi connectivity index (χ0) is 14.2. The fraction of sp³-hybridized carbons (Fsp3) is 0.471. The molecule has 0 amide bonds. The van der Waals surface area contributed by atoms with Crippen LogP contribution in [0.1, 0.15) is 38.1 Å². The molecule has 20 heavy (non-hydrogen) atoms. The molecule has 0 bridgehead atoms. The van der Waals surface area contributed by atoms with E-state index < -0.39 is 0 Å². The summed E-state index contributed by atoms with van der Waals surface area (Å²) in [5.41, 5.74) is 1.61. The maximum absolute atomic E-state index is 2.63. The minimum atomic E-state index is 0.0860. The van der Waals surface area contributed by atoms with E-state index in [0.717, 1.165) is 0 Å². The van der Waals surface area contributed by atoms with Crippen LogP contribution in [0, 0.1) is 0 Å². The van der Waals surface area contributed by atoms with E-state index in [1.165, 1.54) is 26.4 Å². The lowest BCUT2D eigenvalue weighted by atomic mass is 9.92. The monoisotopic (exact) mass is 285 g/mol. The highest BCUT2D eigenvalue weighted by atomic mass is 32.1. The van der Waals surface area contributed by atoms with Crippen molar-refractivity contribution in [2.75, 3.05) is 7.05 Å².